The number of guanidine groups is 1. The fourth-order valence-corrected chi connectivity index (χ4v) is 2.30. The zero-order valence-electron chi connectivity index (χ0n) is 13.7. The SMILES string of the molecule is CCNC(=NCCCCOCC)N1CCN(C(C)=O)CC1. The molecule has 0 saturated carbocycles. The number of carbonyl (C=O) groups excluding carboxylic acids is 1. The Balaban J connectivity index is 2.36. The highest BCUT2D eigenvalue weighted by molar-refractivity contribution is 5.80. The van der Waals surface area contributed by atoms with Crippen LogP contribution in [0.5, 0.6) is 0 Å². The van der Waals surface area contributed by atoms with Gasteiger partial charge in [-0.2, -0.15) is 0 Å². The number of carbonyl (C=O) groups is 1. The number of aliphatic imine (C=N–C) groups is 1. The zero-order chi connectivity index (χ0) is 15.5. The smallest absolute Gasteiger partial charge is 0.219 e. The molecule has 1 aliphatic heterocycles. The number of nitrogens with one attached hydrogen (secondary N) is 1. The van der Waals surface area contributed by atoms with Crippen molar-refractivity contribution in [2.24, 2.45) is 4.99 Å². The highest BCUT2D eigenvalue weighted by Crippen LogP contribution is 2.03. The van der Waals surface area contributed by atoms with Crippen molar-refractivity contribution in [3.63, 3.8) is 0 Å². The van der Waals surface area contributed by atoms with Crippen LogP contribution in [0, 0.1) is 0 Å². The summed E-state index contributed by atoms with van der Waals surface area (Å²) >= 11 is 0. The Labute approximate surface area is 128 Å². The van der Waals surface area contributed by atoms with Gasteiger partial charge in [-0.1, -0.05) is 0 Å². The van der Waals surface area contributed by atoms with Gasteiger partial charge in [0.25, 0.3) is 0 Å². The minimum absolute atomic E-state index is 0.160. The van der Waals surface area contributed by atoms with Crippen LogP contribution >= 0.6 is 0 Å². The Morgan fingerprint density at radius 3 is 2.38 bits per heavy atom. The Morgan fingerprint density at radius 1 is 1.14 bits per heavy atom. The first-order valence-electron chi connectivity index (χ1n) is 8.05. The van der Waals surface area contributed by atoms with E-state index in [0.717, 1.165) is 71.3 Å². The van der Waals surface area contributed by atoms with E-state index < -0.39 is 0 Å². The number of rotatable bonds is 7. The Kier molecular flexibility index (Phi) is 8.82. The van der Waals surface area contributed by atoms with Gasteiger partial charge < -0.3 is 19.9 Å². The van der Waals surface area contributed by atoms with E-state index in [9.17, 15) is 4.79 Å². The summed E-state index contributed by atoms with van der Waals surface area (Å²) in [4.78, 5) is 20.2. The Hall–Kier alpha value is -1.30. The molecule has 1 saturated heterocycles. The molecule has 0 bridgehead atoms. The number of amides is 1. The standard InChI is InChI=1S/C15H30N4O2/c1-4-16-15(17-8-6-7-13-21-5-2)19-11-9-18(10-12-19)14(3)20/h4-13H2,1-3H3,(H,16,17). The van der Waals surface area contributed by atoms with Crippen LogP contribution in [-0.4, -0.2) is 74.1 Å². The lowest BCUT2D eigenvalue weighted by Crippen LogP contribution is -2.53. The van der Waals surface area contributed by atoms with Crippen molar-refractivity contribution in [3.8, 4) is 0 Å². The predicted octanol–water partition coefficient (Wildman–Crippen LogP) is 0.933. The molecule has 0 unspecified atom stereocenters. The zero-order valence-corrected chi connectivity index (χ0v) is 13.7. The van der Waals surface area contributed by atoms with Crippen molar-refractivity contribution in [1.29, 1.82) is 0 Å². The van der Waals surface area contributed by atoms with Gasteiger partial charge in [-0.05, 0) is 26.7 Å². The summed E-state index contributed by atoms with van der Waals surface area (Å²) in [5.74, 6) is 1.13. The second-order valence-electron chi connectivity index (χ2n) is 5.13. The molecule has 1 amide bonds. The average Bonchev–Trinajstić information content (AvgIpc) is 2.49. The summed E-state index contributed by atoms with van der Waals surface area (Å²) in [6.07, 6.45) is 2.09. The van der Waals surface area contributed by atoms with Crippen LogP contribution in [0.3, 0.4) is 0 Å². The van der Waals surface area contributed by atoms with Crippen LogP contribution in [0.4, 0.5) is 0 Å². The van der Waals surface area contributed by atoms with Gasteiger partial charge in [0.2, 0.25) is 5.91 Å². The number of nitrogens with zero attached hydrogens (tertiary/aromatic N) is 3. The quantitative estimate of drug-likeness (QED) is 0.432. The van der Waals surface area contributed by atoms with E-state index in [1.54, 1.807) is 6.92 Å². The molecule has 1 heterocycles. The molecule has 0 spiro atoms. The normalized spacial score (nSPS) is 16.2. The van der Waals surface area contributed by atoms with Crippen LogP contribution in [0.15, 0.2) is 4.99 Å². The number of hydrogen-bond acceptors (Lipinski definition) is 3. The molecule has 6 nitrogen and oxygen atoms in total. The van der Waals surface area contributed by atoms with Gasteiger partial charge in [0, 0.05) is 59.4 Å². The largest absolute Gasteiger partial charge is 0.382 e. The number of piperazine rings is 1. The molecule has 1 fully saturated rings. The van der Waals surface area contributed by atoms with Crippen molar-refractivity contribution >= 4 is 11.9 Å². The van der Waals surface area contributed by atoms with Crippen molar-refractivity contribution in [2.45, 2.75) is 33.6 Å². The lowest BCUT2D eigenvalue weighted by Gasteiger charge is -2.36. The van der Waals surface area contributed by atoms with Gasteiger partial charge in [-0.25, -0.2) is 0 Å². The van der Waals surface area contributed by atoms with E-state index in [0.29, 0.717) is 0 Å². The van der Waals surface area contributed by atoms with Crippen molar-refractivity contribution in [1.82, 2.24) is 15.1 Å². The fraction of sp³-hybridized carbons (Fsp3) is 0.867. The molecule has 0 aromatic rings. The molecular formula is C15H30N4O2. The lowest BCUT2D eigenvalue weighted by molar-refractivity contribution is -0.130. The molecule has 1 rings (SSSR count). The number of unbranched alkanes of at least 4 members (excludes halogenated alkanes) is 1. The van der Waals surface area contributed by atoms with Crippen LogP contribution in [0.2, 0.25) is 0 Å². The van der Waals surface area contributed by atoms with Crippen LogP contribution in [0.25, 0.3) is 0 Å². The third-order valence-electron chi connectivity index (χ3n) is 3.52. The number of hydrogen-bond donors (Lipinski definition) is 1. The topological polar surface area (TPSA) is 57.2 Å². The van der Waals surface area contributed by atoms with Crippen LogP contribution in [0.1, 0.15) is 33.6 Å². The van der Waals surface area contributed by atoms with Gasteiger partial charge in [-0.15, -0.1) is 0 Å². The summed E-state index contributed by atoms with van der Waals surface area (Å²) in [6, 6.07) is 0. The molecule has 0 radical (unpaired) electrons. The molecule has 0 aromatic carbocycles. The maximum absolute atomic E-state index is 11.3. The summed E-state index contributed by atoms with van der Waals surface area (Å²) < 4.78 is 5.33. The van der Waals surface area contributed by atoms with Crippen molar-refractivity contribution in [3.05, 3.63) is 0 Å². The van der Waals surface area contributed by atoms with E-state index in [1.807, 2.05) is 11.8 Å². The molecular weight excluding hydrogens is 268 g/mol. The summed E-state index contributed by atoms with van der Waals surface area (Å²) in [5.41, 5.74) is 0. The van der Waals surface area contributed by atoms with Gasteiger partial charge in [-0.3, -0.25) is 9.79 Å². The molecule has 0 atom stereocenters. The minimum atomic E-state index is 0.160. The third kappa shape index (κ3) is 6.80. The highest BCUT2D eigenvalue weighted by atomic mass is 16.5. The third-order valence-corrected chi connectivity index (χ3v) is 3.52. The predicted molar refractivity (Wildman–Crippen MR) is 85.5 cm³/mol. The minimum Gasteiger partial charge on any atom is -0.382 e. The molecule has 0 aromatic heterocycles. The maximum Gasteiger partial charge on any atom is 0.219 e. The van der Waals surface area contributed by atoms with Crippen LogP contribution < -0.4 is 5.32 Å². The van der Waals surface area contributed by atoms with E-state index in [2.05, 4.69) is 22.1 Å². The summed E-state index contributed by atoms with van der Waals surface area (Å²) in [6.45, 7) is 12.3. The maximum atomic E-state index is 11.3. The molecule has 1 aliphatic rings. The Morgan fingerprint density at radius 2 is 1.81 bits per heavy atom. The monoisotopic (exact) mass is 298 g/mol. The summed E-state index contributed by atoms with van der Waals surface area (Å²) in [5, 5.41) is 3.34. The first-order chi connectivity index (χ1) is 10.2. The van der Waals surface area contributed by atoms with Gasteiger partial charge in [0.15, 0.2) is 5.96 Å². The van der Waals surface area contributed by atoms with Gasteiger partial charge in [0.05, 0.1) is 0 Å². The van der Waals surface area contributed by atoms with Gasteiger partial charge in [0.1, 0.15) is 0 Å². The van der Waals surface area contributed by atoms with E-state index in [1.165, 1.54) is 0 Å². The van der Waals surface area contributed by atoms with E-state index in [4.69, 9.17) is 4.74 Å². The first-order valence-corrected chi connectivity index (χ1v) is 8.05. The average molecular weight is 298 g/mol. The lowest BCUT2D eigenvalue weighted by atomic mass is 10.3. The van der Waals surface area contributed by atoms with Crippen molar-refractivity contribution in [2.75, 3.05) is 52.5 Å². The van der Waals surface area contributed by atoms with Crippen molar-refractivity contribution < 1.29 is 9.53 Å². The second kappa shape index (κ2) is 10.4. The van der Waals surface area contributed by atoms with E-state index in [-0.39, 0.29) is 5.91 Å². The van der Waals surface area contributed by atoms with Crippen LogP contribution in [-0.2, 0) is 9.53 Å². The number of ether oxygens (including phenoxy) is 1. The van der Waals surface area contributed by atoms with Gasteiger partial charge >= 0.3 is 0 Å². The molecule has 21 heavy (non-hydrogen) atoms. The molecule has 0 aliphatic carbocycles. The first kappa shape index (κ1) is 17.8. The molecule has 122 valence electrons. The highest BCUT2D eigenvalue weighted by Gasteiger charge is 2.20. The van der Waals surface area contributed by atoms with E-state index >= 15 is 0 Å². The molecule has 6 heteroatoms. The fourth-order valence-electron chi connectivity index (χ4n) is 2.30. The summed E-state index contributed by atoms with van der Waals surface area (Å²) in [7, 11) is 0. The Bertz CT molecular complexity index is 326. The molecule has 1 N–H and O–H groups in total. The second-order valence-corrected chi connectivity index (χ2v) is 5.13.